The van der Waals surface area contributed by atoms with Crippen molar-refractivity contribution in [1.82, 2.24) is 0 Å². The summed E-state index contributed by atoms with van der Waals surface area (Å²) in [5.74, 6) is 0.158. The highest BCUT2D eigenvalue weighted by atomic mass is 19.1. The molecular weight excluding hydrogens is 385 g/mol. The molecule has 0 bridgehead atoms. The Hall–Kier alpha value is -3.46. The first-order valence-electron chi connectivity index (χ1n) is 10.7. The van der Waals surface area contributed by atoms with Crippen LogP contribution in [0, 0.1) is 12.7 Å². The molecule has 0 saturated heterocycles. The Morgan fingerprint density at radius 3 is 2.16 bits per heavy atom. The quantitative estimate of drug-likeness (QED) is 0.285. The summed E-state index contributed by atoms with van der Waals surface area (Å²) in [4.78, 5) is 0. The molecule has 0 saturated carbocycles. The van der Waals surface area contributed by atoms with Gasteiger partial charge in [-0.2, -0.15) is 0 Å². The molecule has 0 N–H and O–H groups in total. The lowest BCUT2D eigenvalue weighted by Crippen LogP contribution is -2.30. The van der Waals surface area contributed by atoms with Gasteiger partial charge in [0.25, 0.3) is 0 Å². The zero-order chi connectivity index (χ0) is 21.7. The highest BCUT2D eigenvalue weighted by molar-refractivity contribution is 6.13. The molecule has 5 rings (SSSR count). The molecule has 5 aromatic rings. The second kappa shape index (κ2) is 7.35. The van der Waals surface area contributed by atoms with Crippen LogP contribution in [0.15, 0.2) is 77.3 Å². The number of hydrogen-bond donors (Lipinski definition) is 0. The molecule has 3 heteroatoms. The van der Waals surface area contributed by atoms with Gasteiger partial charge in [-0.25, -0.2) is 8.96 Å². The van der Waals surface area contributed by atoms with Crippen LogP contribution in [0.1, 0.15) is 30.9 Å². The molecule has 0 radical (unpaired) electrons. The molecule has 0 aliphatic carbocycles. The van der Waals surface area contributed by atoms with Crippen molar-refractivity contribution in [1.29, 1.82) is 0 Å². The molecule has 31 heavy (non-hydrogen) atoms. The average Bonchev–Trinajstić information content (AvgIpc) is 3.13. The second-order valence-corrected chi connectivity index (χ2v) is 8.51. The Morgan fingerprint density at radius 1 is 0.806 bits per heavy atom. The summed E-state index contributed by atoms with van der Waals surface area (Å²) in [7, 11) is 2.03. The number of halogens is 1. The van der Waals surface area contributed by atoms with Crippen molar-refractivity contribution in [3.63, 3.8) is 0 Å². The van der Waals surface area contributed by atoms with Crippen molar-refractivity contribution in [2.24, 2.45) is 7.05 Å². The van der Waals surface area contributed by atoms with E-state index in [1.54, 1.807) is 6.07 Å². The van der Waals surface area contributed by atoms with Crippen molar-refractivity contribution in [2.75, 3.05) is 0 Å². The maximum Gasteiger partial charge on any atom is 0.216 e. The molecule has 3 aromatic carbocycles. The number of pyridine rings is 1. The predicted molar refractivity (Wildman–Crippen MR) is 125 cm³/mol. The molecule has 2 nitrogen and oxygen atoms in total. The van der Waals surface area contributed by atoms with Crippen molar-refractivity contribution in [3.05, 3.63) is 89.9 Å². The van der Waals surface area contributed by atoms with Crippen molar-refractivity contribution < 1.29 is 13.4 Å². The van der Waals surface area contributed by atoms with Gasteiger partial charge in [-0.05, 0) is 47.7 Å². The van der Waals surface area contributed by atoms with Gasteiger partial charge in [0, 0.05) is 22.9 Å². The number of rotatable bonds is 3. The van der Waals surface area contributed by atoms with E-state index in [4.69, 9.17) is 4.42 Å². The van der Waals surface area contributed by atoms with E-state index >= 15 is 4.39 Å². The standard InChI is InChI=1S/C28H25FNO/c1-17(2)19-9-11-20(12-10-19)26-23(29)15-14-22-21-13-8-18(3)25(27(21)31-28(22)26)24-7-5-6-16-30(24)4/h5-17H,1-4H3/q+1. The smallest absolute Gasteiger partial charge is 0.216 e. The summed E-state index contributed by atoms with van der Waals surface area (Å²) in [5, 5.41) is 1.93. The Morgan fingerprint density at radius 2 is 1.48 bits per heavy atom. The summed E-state index contributed by atoms with van der Waals surface area (Å²) < 4.78 is 23.6. The lowest BCUT2D eigenvalue weighted by molar-refractivity contribution is -0.660. The average molecular weight is 411 g/mol. The molecule has 0 unspecified atom stereocenters. The van der Waals surface area contributed by atoms with E-state index in [2.05, 4.69) is 55.7 Å². The third kappa shape index (κ3) is 3.12. The second-order valence-electron chi connectivity index (χ2n) is 8.51. The summed E-state index contributed by atoms with van der Waals surface area (Å²) in [5.41, 5.74) is 7.19. The number of furan rings is 1. The first-order chi connectivity index (χ1) is 15.0. The maximum atomic E-state index is 15.1. The molecule has 0 aliphatic rings. The largest absolute Gasteiger partial charge is 0.454 e. The highest BCUT2D eigenvalue weighted by Crippen LogP contribution is 2.41. The minimum atomic E-state index is -0.271. The van der Waals surface area contributed by atoms with Gasteiger partial charge < -0.3 is 4.42 Å². The van der Waals surface area contributed by atoms with E-state index in [-0.39, 0.29) is 5.82 Å². The van der Waals surface area contributed by atoms with Crippen LogP contribution in [0.4, 0.5) is 4.39 Å². The molecule has 0 aliphatic heterocycles. The third-order valence-electron chi connectivity index (χ3n) is 6.14. The molecule has 2 aromatic heterocycles. The number of benzene rings is 3. The molecule has 0 spiro atoms. The van der Waals surface area contributed by atoms with Gasteiger partial charge in [0.05, 0.1) is 11.1 Å². The Bertz CT molecular complexity index is 1430. The SMILES string of the molecule is Cc1ccc2c(oc3c(-c4ccc(C(C)C)cc4)c(F)ccc32)c1-c1cccc[n+]1C. The lowest BCUT2D eigenvalue weighted by Gasteiger charge is -2.08. The van der Waals surface area contributed by atoms with Crippen LogP contribution in [0.5, 0.6) is 0 Å². The van der Waals surface area contributed by atoms with Crippen LogP contribution in [0.2, 0.25) is 0 Å². The summed E-state index contributed by atoms with van der Waals surface area (Å²) in [6.07, 6.45) is 2.03. The third-order valence-corrected chi connectivity index (χ3v) is 6.14. The van der Waals surface area contributed by atoms with E-state index < -0.39 is 0 Å². The van der Waals surface area contributed by atoms with Crippen LogP contribution in [0.3, 0.4) is 0 Å². The van der Waals surface area contributed by atoms with Gasteiger partial charge in [0.2, 0.25) is 5.69 Å². The van der Waals surface area contributed by atoms with Crippen LogP contribution in [0.25, 0.3) is 44.3 Å². The van der Waals surface area contributed by atoms with E-state index in [0.29, 0.717) is 17.1 Å². The van der Waals surface area contributed by atoms with Gasteiger partial charge in [-0.15, -0.1) is 0 Å². The van der Waals surface area contributed by atoms with E-state index in [1.807, 2.05) is 43.6 Å². The Labute approximate surface area is 181 Å². The number of nitrogens with zero attached hydrogens (tertiary/aromatic N) is 1. The molecule has 2 heterocycles. The van der Waals surface area contributed by atoms with Crippen LogP contribution < -0.4 is 4.57 Å². The van der Waals surface area contributed by atoms with Crippen LogP contribution in [-0.4, -0.2) is 0 Å². The summed E-state index contributed by atoms with van der Waals surface area (Å²) in [6.45, 7) is 6.40. The minimum absolute atomic E-state index is 0.271. The molecule has 0 atom stereocenters. The first-order valence-corrected chi connectivity index (χ1v) is 10.7. The van der Waals surface area contributed by atoms with Crippen LogP contribution in [-0.2, 0) is 7.05 Å². The number of hydrogen-bond acceptors (Lipinski definition) is 1. The van der Waals surface area contributed by atoms with E-state index in [0.717, 1.165) is 38.7 Å². The monoisotopic (exact) mass is 410 g/mol. The van der Waals surface area contributed by atoms with E-state index in [9.17, 15) is 0 Å². The fourth-order valence-corrected chi connectivity index (χ4v) is 4.38. The first kappa shape index (κ1) is 19.5. The van der Waals surface area contributed by atoms with Gasteiger partial charge in [0.1, 0.15) is 24.0 Å². The van der Waals surface area contributed by atoms with Crippen molar-refractivity contribution >= 4 is 21.9 Å². The zero-order valence-electron chi connectivity index (χ0n) is 18.2. The Kier molecular flexibility index (Phi) is 4.62. The molecule has 0 amide bonds. The maximum absolute atomic E-state index is 15.1. The van der Waals surface area contributed by atoms with Crippen molar-refractivity contribution in [2.45, 2.75) is 26.7 Å². The fourth-order valence-electron chi connectivity index (χ4n) is 4.38. The van der Waals surface area contributed by atoms with Crippen LogP contribution >= 0.6 is 0 Å². The molecular formula is C28H25FNO+. The predicted octanol–water partition coefficient (Wildman–Crippen LogP) is 7.32. The van der Waals surface area contributed by atoms with Crippen molar-refractivity contribution in [3.8, 4) is 22.4 Å². The normalized spacial score (nSPS) is 11.7. The molecule has 0 fully saturated rings. The lowest BCUT2D eigenvalue weighted by atomic mass is 9.96. The number of fused-ring (bicyclic) bond motifs is 3. The van der Waals surface area contributed by atoms with E-state index in [1.165, 1.54) is 5.56 Å². The van der Waals surface area contributed by atoms with Gasteiger partial charge in [-0.1, -0.05) is 50.2 Å². The highest BCUT2D eigenvalue weighted by Gasteiger charge is 2.22. The zero-order valence-corrected chi connectivity index (χ0v) is 18.2. The van der Waals surface area contributed by atoms with Gasteiger partial charge in [0.15, 0.2) is 6.20 Å². The van der Waals surface area contributed by atoms with Gasteiger partial charge in [-0.3, -0.25) is 0 Å². The fraction of sp³-hybridized carbons (Fsp3) is 0.179. The molecule has 154 valence electrons. The van der Waals surface area contributed by atoms with Gasteiger partial charge >= 0.3 is 0 Å². The number of aromatic nitrogens is 1. The Balaban J connectivity index is 1.83. The topological polar surface area (TPSA) is 17.0 Å². The summed E-state index contributed by atoms with van der Waals surface area (Å²) in [6, 6.07) is 21.8. The summed E-state index contributed by atoms with van der Waals surface area (Å²) >= 11 is 0. The number of aryl methyl sites for hydroxylation is 2. The minimum Gasteiger partial charge on any atom is -0.454 e.